The van der Waals surface area contributed by atoms with Crippen LogP contribution in [0, 0.1) is 10.1 Å². The van der Waals surface area contributed by atoms with Crippen molar-refractivity contribution in [1.29, 1.82) is 0 Å². The lowest BCUT2D eigenvalue weighted by Gasteiger charge is -2.06. The van der Waals surface area contributed by atoms with Crippen LogP contribution in [0.5, 0.6) is 0 Å². The average Bonchev–Trinajstić information content (AvgIpc) is 2.47. The zero-order valence-electron chi connectivity index (χ0n) is 10.9. The highest BCUT2D eigenvalue weighted by atomic mass is 19.4. The molecule has 2 aromatic rings. The Bertz CT molecular complexity index is 716. The molecule has 0 fully saturated rings. The fourth-order valence-electron chi connectivity index (χ4n) is 1.59. The maximum atomic E-state index is 12.6. The second-order valence-electron chi connectivity index (χ2n) is 4.12. The first-order valence-electron chi connectivity index (χ1n) is 5.93. The maximum Gasteiger partial charge on any atom is 0.416 e. The lowest BCUT2D eigenvalue weighted by atomic mass is 10.1. The number of halogens is 3. The Morgan fingerprint density at radius 2 is 2.05 bits per heavy atom. The minimum absolute atomic E-state index is 0.101. The number of rotatable bonds is 4. The maximum absolute atomic E-state index is 12.6. The van der Waals surface area contributed by atoms with Crippen molar-refractivity contribution in [3.63, 3.8) is 0 Å². The highest BCUT2D eigenvalue weighted by Gasteiger charge is 2.30. The molecule has 0 aliphatic rings. The number of hydrogen-bond donors (Lipinski definition) is 1. The van der Waals surface area contributed by atoms with E-state index in [1.165, 1.54) is 30.5 Å². The van der Waals surface area contributed by atoms with E-state index in [9.17, 15) is 23.3 Å². The lowest BCUT2D eigenvalue weighted by molar-refractivity contribution is -0.384. The van der Waals surface area contributed by atoms with Gasteiger partial charge in [-0.15, -0.1) is 0 Å². The van der Waals surface area contributed by atoms with Gasteiger partial charge in [-0.05, 0) is 23.8 Å². The summed E-state index contributed by atoms with van der Waals surface area (Å²) in [5, 5.41) is 14.4. The molecule has 0 radical (unpaired) electrons. The summed E-state index contributed by atoms with van der Waals surface area (Å²) in [7, 11) is 0. The Morgan fingerprint density at radius 3 is 2.73 bits per heavy atom. The van der Waals surface area contributed by atoms with Crippen molar-refractivity contribution in [1.82, 2.24) is 4.98 Å². The van der Waals surface area contributed by atoms with Gasteiger partial charge >= 0.3 is 11.9 Å². The predicted molar refractivity (Wildman–Crippen MR) is 73.6 cm³/mol. The second kappa shape index (κ2) is 6.20. The third-order valence-electron chi connectivity index (χ3n) is 2.58. The molecule has 0 bridgehead atoms. The molecule has 0 saturated heterocycles. The highest BCUT2D eigenvalue weighted by Crippen LogP contribution is 2.29. The molecular weight excluding hydrogens is 301 g/mol. The molecule has 22 heavy (non-hydrogen) atoms. The van der Waals surface area contributed by atoms with E-state index >= 15 is 0 Å². The van der Waals surface area contributed by atoms with Crippen molar-refractivity contribution in [2.75, 3.05) is 5.43 Å². The first-order chi connectivity index (χ1) is 10.4. The SMILES string of the molecule is O=[N+]([O-])c1cccnc1N/N=C/c1cccc(C(F)(F)F)c1. The van der Waals surface area contributed by atoms with E-state index in [2.05, 4.69) is 15.5 Å². The molecule has 6 nitrogen and oxygen atoms in total. The molecule has 0 atom stereocenters. The standard InChI is InChI=1S/C13H9F3N4O2/c14-13(15,16)10-4-1-3-9(7-10)8-18-19-12-11(20(21)22)5-2-6-17-12/h1-8H,(H,17,19)/b18-8+. The summed E-state index contributed by atoms with van der Waals surface area (Å²) >= 11 is 0. The number of aromatic nitrogens is 1. The van der Waals surface area contributed by atoms with Crippen LogP contribution in [0.4, 0.5) is 24.7 Å². The van der Waals surface area contributed by atoms with Crippen molar-refractivity contribution >= 4 is 17.7 Å². The molecule has 0 aliphatic carbocycles. The zero-order valence-corrected chi connectivity index (χ0v) is 10.9. The molecule has 0 aliphatic heterocycles. The molecular formula is C13H9F3N4O2. The van der Waals surface area contributed by atoms with E-state index in [4.69, 9.17) is 0 Å². The monoisotopic (exact) mass is 310 g/mol. The van der Waals surface area contributed by atoms with E-state index in [0.717, 1.165) is 18.3 Å². The van der Waals surface area contributed by atoms with Gasteiger partial charge in [0.15, 0.2) is 0 Å². The van der Waals surface area contributed by atoms with Crippen molar-refractivity contribution in [3.8, 4) is 0 Å². The van der Waals surface area contributed by atoms with E-state index in [1.54, 1.807) is 0 Å². The van der Waals surface area contributed by atoms with Gasteiger partial charge in [-0.1, -0.05) is 12.1 Å². The molecule has 114 valence electrons. The average molecular weight is 310 g/mol. The van der Waals surface area contributed by atoms with Crippen molar-refractivity contribution < 1.29 is 18.1 Å². The molecule has 0 spiro atoms. The summed E-state index contributed by atoms with van der Waals surface area (Å²) < 4.78 is 37.7. The first kappa shape index (κ1) is 15.4. The third kappa shape index (κ3) is 3.78. The summed E-state index contributed by atoms with van der Waals surface area (Å²) in [4.78, 5) is 13.9. The molecule has 0 amide bonds. The molecule has 0 unspecified atom stereocenters. The smallest absolute Gasteiger partial charge is 0.258 e. The van der Waals surface area contributed by atoms with Crippen LogP contribution in [-0.2, 0) is 6.18 Å². The number of hydrazone groups is 1. The van der Waals surface area contributed by atoms with Crippen LogP contribution >= 0.6 is 0 Å². The summed E-state index contributed by atoms with van der Waals surface area (Å²) in [6.07, 6.45) is -2.00. The lowest BCUT2D eigenvalue weighted by Crippen LogP contribution is -2.05. The van der Waals surface area contributed by atoms with E-state index in [-0.39, 0.29) is 17.1 Å². The minimum atomic E-state index is -4.45. The van der Waals surface area contributed by atoms with E-state index in [1.807, 2.05) is 0 Å². The Hall–Kier alpha value is -2.97. The fraction of sp³-hybridized carbons (Fsp3) is 0.0769. The Labute approximate surface area is 122 Å². The predicted octanol–water partition coefficient (Wildman–Crippen LogP) is 3.45. The van der Waals surface area contributed by atoms with Crippen LogP contribution in [-0.4, -0.2) is 16.1 Å². The molecule has 1 aromatic heterocycles. The van der Waals surface area contributed by atoms with Crippen LogP contribution in [0.25, 0.3) is 0 Å². The minimum Gasteiger partial charge on any atom is -0.258 e. The Morgan fingerprint density at radius 1 is 1.27 bits per heavy atom. The van der Waals surface area contributed by atoms with Crippen LogP contribution in [0.3, 0.4) is 0 Å². The number of benzene rings is 1. The van der Waals surface area contributed by atoms with Gasteiger partial charge in [0.1, 0.15) is 0 Å². The first-order valence-corrected chi connectivity index (χ1v) is 5.93. The zero-order chi connectivity index (χ0) is 16.2. The molecule has 1 heterocycles. The number of hydrogen-bond acceptors (Lipinski definition) is 5. The summed E-state index contributed by atoms with van der Waals surface area (Å²) in [5.41, 5.74) is 1.44. The highest BCUT2D eigenvalue weighted by molar-refractivity contribution is 5.80. The van der Waals surface area contributed by atoms with Crippen molar-refractivity contribution in [2.24, 2.45) is 5.10 Å². The van der Waals surface area contributed by atoms with Gasteiger partial charge in [-0.2, -0.15) is 18.3 Å². The van der Waals surface area contributed by atoms with Crippen LogP contribution in [0.1, 0.15) is 11.1 Å². The van der Waals surface area contributed by atoms with Gasteiger partial charge in [-0.25, -0.2) is 4.98 Å². The second-order valence-corrected chi connectivity index (χ2v) is 4.12. The van der Waals surface area contributed by atoms with Crippen LogP contribution in [0.15, 0.2) is 47.7 Å². The normalized spacial score (nSPS) is 11.6. The molecule has 9 heteroatoms. The van der Waals surface area contributed by atoms with Crippen LogP contribution in [0.2, 0.25) is 0 Å². The third-order valence-corrected chi connectivity index (χ3v) is 2.58. The Balaban J connectivity index is 2.16. The largest absolute Gasteiger partial charge is 0.416 e. The van der Waals surface area contributed by atoms with Crippen molar-refractivity contribution in [3.05, 3.63) is 63.8 Å². The molecule has 2 rings (SSSR count). The van der Waals surface area contributed by atoms with Gasteiger partial charge < -0.3 is 0 Å². The molecule has 1 aromatic carbocycles. The summed E-state index contributed by atoms with van der Waals surface area (Å²) in [6.45, 7) is 0. The number of pyridine rings is 1. The van der Waals surface area contributed by atoms with Crippen LogP contribution < -0.4 is 5.43 Å². The summed E-state index contributed by atoms with van der Waals surface area (Å²) in [5.74, 6) is -0.101. The van der Waals surface area contributed by atoms with Gasteiger partial charge in [0, 0.05) is 12.3 Å². The number of nitrogens with one attached hydrogen (secondary N) is 1. The van der Waals surface area contributed by atoms with Crippen molar-refractivity contribution in [2.45, 2.75) is 6.18 Å². The van der Waals surface area contributed by atoms with E-state index in [0.29, 0.717) is 0 Å². The van der Waals surface area contributed by atoms with Gasteiger partial charge in [0.2, 0.25) is 5.82 Å². The quantitative estimate of drug-likeness (QED) is 0.533. The number of nitrogens with zero attached hydrogens (tertiary/aromatic N) is 3. The molecule has 0 saturated carbocycles. The van der Waals surface area contributed by atoms with Gasteiger partial charge in [0.05, 0.1) is 16.7 Å². The summed E-state index contributed by atoms with van der Waals surface area (Å²) in [6, 6.07) is 7.14. The topological polar surface area (TPSA) is 80.4 Å². The van der Waals surface area contributed by atoms with Gasteiger partial charge in [-0.3, -0.25) is 15.5 Å². The number of nitro groups is 1. The fourth-order valence-corrected chi connectivity index (χ4v) is 1.59. The van der Waals surface area contributed by atoms with Gasteiger partial charge in [0.25, 0.3) is 0 Å². The number of anilines is 1. The molecule has 1 N–H and O–H groups in total. The number of alkyl halides is 3. The van der Waals surface area contributed by atoms with E-state index < -0.39 is 16.7 Å². The Kier molecular flexibility index (Phi) is 4.35.